The first-order chi connectivity index (χ1) is 8.09. The number of rotatable bonds is 3. The molecule has 0 saturated heterocycles. The Kier molecular flexibility index (Phi) is 3.65. The molecule has 0 unspecified atom stereocenters. The Morgan fingerprint density at radius 3 is 2.71 bits per heavy atom. The Labute approximate surface area is 110 Å². The molecular weight excluding hydrogens is 259 g/mol. The van der Waals surface area contributed by atoms with E-state index in [0.717, 1.165) is 11.3 Å². The Morgan fingerprint density at radius 1 is 1.29 bits per heavy atom. The first-order valence-electron chi connectivity index (χ1n) is 5.28. The predicted octanol–water partition coefficient (Wildman–Crippen LogP) is 4.39. The van der Waals surface area contributed by atoms with Crippen LogP contribution in [0.4, 0.5) is 0 Å². The first-order valence-corrected chi connectivity index (χ1v) is 6.04. The molecule has 0 spiro atoms. The Balaban J connectivity index is 2.22. The zero-order chi connectivity index (χ0) is 12.4. The molecule has 1 aromatic carbocycles. The lowest BCUT2D eigenvalue weighted by Gasteiger charge is -2.09. The molecule has 2 aromatic rings. The average Bonchev–Trinajstić information content (AvgIpc) is 2.82. The van der Waals surface area contributed by atoms with Crippen LogP contribution in [0.5, 0.6) is 5.75 Å². The topological polar surface area (TPSA) is 33.4 Å². The fourth-order valence-electron chi connectivity index (χ4n) is 1.66. The van der Waals surface area contributed by atoms with Gasteiger partial charge in [0.2, 0.25) is 0 Å². The van der Waals surface area contributed by atoms with Gasteiger partial charge in [0.05, 0.1) is 11.3 Å². The molecule has 0 fully saturated rings. The van der Waals surface area contributed by atoms with E-state index in [1.54, 1.807) is 19.3 Å². The molecule has 2 nitrogen and oxygen atoms in total. The zero-order valence-electron chi connectivity index (χ0n) is 9.34. The molecule has 0 atom stereocenters. The molecule has 0 radical (unpaired) electrons. The van der Waals surface area contributed by atoms with Gasteiger partial charge in [0.25, 0.3) is 0 Å². The van der Waals surface area contributed by atoms with E-state index in [9.17, 15) is 5.11 Å². The summed E-state index contributed by atoms with van der Waals surface area (Å²) in [5.74, 6) is 0.984. The van der Waals surface area contributed by atoms with E-state index >= 15 is 0 Å². The molecule has 1 N–H and O–H groups in total. The number of furan rings is 1. The van der Waals surface area contributed by atoms with E-state index in [0.29, 0.717) is 28.5 Å². The highest BCUT2D eigenvalue weighted by molar-refractivity contribution is 6.37. The minimum Gasteiger partial charge on any atom is -0.506 e. The summed E-state index contributed by atoms with van der Waals surface area (Å²) in [5.41, 5.74) is 1.44. The number of hydrogen-bond acceptors (Lipinski definition) is 2. The van der Waals surface area contributed by atoms with E-state index in [4.69, 9.17) is 27.6 Å². The van der Waals surface area contributed by atoms with Crippen LogP contribution in [-0.2, 0) is 12.8 Å². The van der Waals surface area contributed by atoms with Crippen molar-refractivity contribution in [2.45, 2.75) is 19.8 Å². The van der Waals surface area contributed by atoms with Crippen LogP contribution in [0.2, 0.25) is 10.0 Å². The number of benzene rings is 1. The van der Waals surface area contributed by atoms with E-state index in [-0.39, 0.29) is 5.75 Å². The van der Waals surface area contributed by atoms with Crippen LogP contribution in [0, 0.1) is 6.92 Å². The molecule has 4 heteroatoms. The van der Waals surface area contributed by atoms with E-state index < -0.39 is 0 Å². The predicted molar refractivity (Wildman–Crippen MR) is 69.0 cm³/mol. The summed E-state index contributed by atoms with van der Waals surface area (Å²) >= 11 is 12.0. The minimum absolute atomic E-state index is 0.111. The normalized spacial score (nSPS) is 10.8. The zero-order valence-corrected chi connectivity index (χ0v) is 10.8. The monoisotopic (exact) mass is 270 g/mol. The molecule has 90 valence electrons. The highest BCUT2D eigenvalue weighted by atomic mass is 35.5. The van der Waals surface area contributed by atoms with Gasteiger partial charge < -0.3 is 9.52 Å². The third-order valence-corrected chi connectivity index (χ3v) is 3.58. The maximum absolute atomic E-state index is 9.91. The molecule has 1 heterocycles. The van der Waals surface area contributed by atoms with Crippen molar-refractivity contribution >= 4 is 23.2 Å². The van der Waals surface area contributed by atoms with Crippen LogP contribution in [0.15, 0.2) is 28.9 Å². The van der Waals surface area contributed by atoms with Crippen molar-refractivity contribution in [1.29, 1.82) is 0 Å². The molecule has 0 aliphatic carbocycles. The number of phenolic OH excluding ortho intramolecular Hbond substituents is 1. The van der Waals surface area contributed by atoms with Gasteiger partial charge in [-0.1, -0.05) is 23.2 Å². The summed E-state index contributed by atoms with van der Waals surface area (Å²) in [6.07, 6.45) is 2.97. The molecule has 0 bridgehead atoms. The van der Waals surface area contributed by atoms with Gasteiger partial charge in [-0.05, 0) is 42.7 Å². The van der Waals surface area contributed by atoms with E-state index in [2.05, 4.69) is 0 Å². The van der Waals surface area contributed by atoms with Gasteiger partial charge in [0.15, 0.2) is 0 Å². The van der Waals surface area contributed by atoms with Gasteiger partial charge in [-0.15, -0.1) is 0 Å². The summed E-state index contributed by atoms with van der Waals surface area (Å²) in [4.78, 5) is 0. The number of hydrogen-bond donors (Lipinski definition) is 1. The van der Waals surface area contributed by atoms with Crippen LogP contribution in [-0.4, -0.2) is 5.11 Å². The van der Waals surface area contributed by atoms with Crippen molar-refractivity contribution in [2.75, 3.05) is 0 Å². The Hall–Kier alpha value is -1.12. The van der Waals surface area contributed by atoms with Gasteiger partial charge in [-0.25, -0.2) is 0 Å². The third-order valence-electron chi connectivity index (χ3n) is 2.72. The number of phenols is 1. The molecule has 1 aromatic heterocycles. The highest BCUT2D eigenvalue weighted by Gasteiger charge is 2.12. The van der Waals surface area contributed by atoms with Crippen LogP contribution < -0.4 is 0 Å². The fraction of sp³-hybridized carbons (Fsp3) is 0.231. The standard InChI is InChI=1S/C13H12Cl2O2/c1-8-11(14)7-9(13(16)12(8)15)4-5-10-3-2-6-17-10/h2-3,6-7,16H,4-5H2,1H3. The van der Waals surface area contributed by atoms with Crippen LogP contribution in [0.25, 0.3) is 0 Å². The molecule has 0 aliphatic heterocycles. The Bertz CT molecular complexity index is 519. The summed E-state index contributed by atoms with van der Waals surface area (Å²) in [7, 11) is 0. The molecule has 17 heavy (non-hydrogen) atoms. The smallest absolute Gasteiger partial charge is 0.137 e. The van der Waals surface area contributed by atoms with E-state index in [1.807, 2.05) is 12.1 Å². The summed E-state index contributed by atoms with van der Waals surface area (Å²) in [6, 6.07) is 5.49. The van der Waals surface area contributed by atoms with Crippen molar-refractivity contribution < 1.29 is 9.52 Å². The second-order valence-electron chi connectivity index (χ2n) is 3.88. The van der Waals surface area contributed by atoms with E-state index in [1.165, 1.54) is 0 Å². The SMILES string of the molecule is Cc1c(Cl)cc(CCc2ccco2)c(O)c1Cl. The second-order valence-corrected chi connectivity index (χ2v) is 4.67. The maximum atomic E-state index is 9.91. The highest BCUT2D eigenvalue weighted by Crippen LogP contribution is 2.36. The lowest BCUT2D eigenvalue weighted by Crippen LogP contribution is -1.93. The van der Waals surface area contributed by atoms with Gasteiger partial charge >= 0.3 is 0 Å². The largest absolute Gasteiger partial charge is 0.506 e. The fourth-order valence-corrected chi connectivity index (χ4v) is 2.15. The maximum Gasteiger partial charge on any atom is 0.137 e. The molecule has 0 saturated carbocycles. The summed E-state index contributed by atoms with van der Waals surface area (Å²) in [5, 5.41) is 10.8. The summed E-state index contributed by atoms with van der Waals surface area (Å²) < 4.78 is 5.23. The number of aryl methyl sites for hydroxylation is 2. The van der Waals surface area contributed by atoms with Crippen molar-refractivity contribution in [1.82, 2.24) is 0 Å². The second kappa shape index (κ2) is 5.03. The molecular formula is C13H12Cl2O2. The molecule has 0 amide bonds. The van der Waals surface area contributed by atoms with Crippen LogP contribution in [0.3, 0.4) is 0 Å². The van der Waals surface area contributed by atoms with Crippen molar-refractivity contribution in [2.24, 2.45) is 0 Å². The lowest BCUT2D eigenvalue weighted by molar-refractivity contribution is 0.464. The van der Waals surface area contributed by atoms with Gasteiger partial charge in [-0.3, -0.25) is 0 Å². The van der Waals surface area contributed by atoms with Gasteiger partial charge in [-0.2, -0.15) is 0 Å². The lowest BCUT2D eigenvalue weighted by atomic mass is 10.1. The first kappa shape index (κ1) is 12.3. The quantitative estimate of drug-likeness (QED) is 0.898. The number of halogens is 2. The van der Waals surface area contributed by atoms with Crippen LogP contribution in [0.1, 0.15) is 16.9 Å². The number of aromatic hydroxyl groups is 1. The molecule has 0 aliphatic rings. The average molecular weight is 271 g/mol. The van der Waals surface area contributed by atoms with Gasteiger partial charge in [0, 0.05) is 11.4 Å². The van der Waals surface area contributed by atoms with Crippen molar-refractivity contribution in [3.63, 3.8) is 0 Å². The van der Waals surface area contributed by atoms with Crippen molar-refractivity contribution in [3.05, 3.63) is 51.4 Å². The van der Waals surface area contributed by atoms with Gasteiger partial charge in [0.1, 0.15) is 11.5 Å². The third kappa shape index (κ3) is 2.59. The van der Waals surface area contributed by atoms with Crippen LogP contribution >= 0.6 is 23.2 Å². The minimum atomic E-state index is 0.111. The summed E-state index contributed by atoms with van der Waals surface area (Å²) in [6.45, 7) is 1.78. The van der Waals surface area contributed by atoms with Crippen molar-refractivity contribution in [3.8, 4) is 5.75 Å². The molecule has 2 rings (SSSR count). The Morgan fingerprint density at radius 2 is 2.06 bits per heavy atom.